The number of ether oxygens (including phenoxy) is 1. The molecular weight excluding hydrogens is 270 g/mol. The van der Waals surface area contributed by atoms with E-state index in [1.54, 1.807) is 7.11 Å². The van der Waals surface area contributed by atoms with Crippen LogP contribution in [0.15, 0.2) is 12.1 Å². The third-order valence-electron chi connectivity index (χ3n) is 4.39. The molecule has 0 atom stereocenters. The molecule has 0 saturated carbocycles. The molecular formula is C17H26ClNO. The van der Waals surface area contributed by atoms with E-state index in [1.807, 2.05) is 6.92 Å². The van der Waals surface area contributed by atoms with Gasteiger partial charge in [0.15, 0.2) is 0 Å². The highest BCUT2D eigenvalue weighted by Crippen LogP contribution is 2.38. The molecule has 2 nitrogen and oxygen atoms in total. The van der Waals surface area contributed by atoms with Crippen molar-refractivity contribution >= 4 is 11.6 Å². The van der Waals surface area contributed by atoms with Gasteiger partial charge >= 0.3 is 0 Å². The summed E-state index contributed by atoms with van der Waals surface area (Å²) in [4.78, 5) is 2.56. The van der Waals surface area contributed by atoms with E-state index >= 15 is 0 Å². The fourth-order valence-corrected chi connectivity index (χ4v) is 3.20. The van der Waals surface area contributed by atoms with Gasteiger partial charge in [0, 0.05) is 10.6 Å². The molecule has 112 valence electrons. The van der Waals surface area contributed by atoms with E-state index in [-0.39, 0.29) is 5.54 Å². The first-order valence-electron chi connectivity index (χ1n) is 7.42. The number of piperidine rings is 1. The van der Waals surface area contributed by atoms with Crippen molar-refractivity contribution in [3.8, 4) is 5.75 Å². The molecule has 20 heavy (non-hydrogen) atoms. The number of methoxy groups -OCH3 is 1. The Kier molecular flexibility index (Phi) is 4.66. The van der Waals surface area contributed by atoms with Gasteiger partial charge < -0.3 is 4.74 Å². The first kappa shape index (κ1) is 15.7. The molecule has 0 amide bonds. The summed E-state index contributed by atoms with van der Waals surface area (Å²) in [6.45, 7) is 11.2. The second-order valence-corrected chi connectivity index (χ2v) is 7.18. The van der Waals surface area contributed by atoms with E-state index in [9.17, 15) is 0 Å². The lowest BCUT2D eigenvalue weighted by molar-refractivity contribution is 0.102. The highest BCUT2D eigenvalue weighted by Gasteiger charge is 2.29. The van der Waals surface area contributed by atoms with Crippen LogP contribution in [0.5, 0.6) is 5.75 Å². The average Bonchev–Trinajstić information content (AvgIpc) is 2.40. The third-order valence-corrected chi connectivity index (χ3v) is 4.80. The minimum absolute atomic E-state index is 0.264. The second kappa shape index (κ2) is 5.95. The van der Waals surface area contributed by atoms with E-state index in [0.29, 0.717) is 5.92 Å². The molecule has 2 rings (SSSR count). The van der Waals surface area contributed by atoms with Crippen LogP contribution in [0, 0.1) is 6.92 Å². The van der Waals surface area contributed by atoms with Crippen LogP contribution in [-0.2, 0) is 0 Å². The van der Waals surface area contributed by atoms with Gasteiger partial charge in [-0.1, -0.05) is 11.6 Å². The van der Waals surface area contributed by atoms with Crippen LogP contribution in [0.1, 0.15) is 50.7 Å². The normalized spacial score (nSPS) is 18.3. The molecule has 0 bridgehead atoms. The van der Waals surface area contributed by atoms with Crippen LogP contribution in [-0.4, -0.2) is 30.6 Å². The fraction of sp³-hybridized carbons (Fsp3) is 0.647. The van der Waals surface area contributed by atoms with Crippen molar-refractivity contribution in [1.29, 1.82) is 0 Å². The van der Waals surface area contributed by atoms with E-state index < -0.39 is 0 Å². The highest BCUT2D eigenvalue weighted by molar-refractivity contribution is 6.31. The number of hydrogen-bond acceptors (Lipinski definition) is 2. The molecule has 3 heteroatoms. The number of rotatable bonds is 2. The Labute approximate surface area is 128 Å². The summed E-state index contributed by atoms with van der Waals surface area (Å²) in [7, 11) is 1.75. The molecule has 1 saturated heterocycles. The molecule has 1 aliphatic heterocycles. The Morgan fingerprint density at radius 1 is 1.20 bits per heavy atom. The first-order chi connectivity index (χ1) is 9.32. The molecule has 1 aromatic rings. The minimum atomic E-state index is 0.264. The molecule has 0 spiro atoms. The Bertz CT molecular complexity index is 471. The van der Waals surface area contributed by atoms with Crippen molar-refractivity contribution < 1.29 is 4.74 Å². The Balaban J connectivity index is 2.16. The predicted molar refractivity (Wildman–Crippen MR) is 86.0 cm³/mol. The number of aryl methyl sites for hydroxylation is 1. The third kappa shape index (κ3) is 3.29. The molecule has 1 heterocycles. The minimum Gasteiger partial charge on any atom is -0.496 e. The topological polar surface area (TPSA) is 12.5 Å². The van der Waals surface area contributed by atoms with Gasteiger partial charge in [-0.2, -0.15) is 0 Å². The van der Waals surface area contributed by atoms with Crippen LogP contribution in [0.4, 0.5) is 0 Å². The molecule has 1 aromatic carbocycles. The highest BCUT2D eigenvalue weighted by atomic mass is 35.5. The summed E-state index contributed by atoms with van der Waals surface area (Å²) >= 11 is 6.30. The SMILES string of the molecule is COc1cc(C)c(Cl)cc1C1CCN(C(C)(C)C)CC1. The van der Waals surface area contributed by atoms with Gasteiger partial charge in [0.25, 0.3) is 0 Å². The Morgan fingerprint density at radius 3 is 2.30 bits per heavy atom. The average molecular weight is 296 g/mol. The van der Waals surface area contributed by atoms with Crippen LogP contribution in [0.2, 0.25) is 5.02 Å². The quantitative estimate of drug-likeness (QED) is 0.788. The number of likely N-dealkylation sites (tertiary alicyclic amines) is 1. The van der Waals surface area contributed by atoms with Crippen molar-refractivity contribution in [3.05, 3.63) is 28.3 Å². The molecule has 0 aromatic heterocycles. The zero-order chi connectivity index (χ0) is 14.9. The largest absolute Gasteiger partial charge is 0.496 e. The van der Waals surface area contributed by atoms with Crippen LogP contribution >= 0.6 is 11.6 Å². The molecule has 0 N–H and O–H groups in total. The molecule has 0 unspecified atom stereocenters. The van der Waals surface area contributed by atoms with Crippen molar-refractivity contribution in [2.75, 3.05) is 20.2 Å². The van der Waals surface area contributed by atoms with E-state index in [0.717, 1.165) is 29.4 Å². The standard InChI is InChI=1S/C17H26ClNO/c1-12-10-16(20-5)14(11-15(12)18)13-6-8-19(9-7-13)17(2,3)4/h10-11,13H,6-9H2,1-5H3. The zero-order valence-corrected chi connectivity index (χ0v) is 14.0. The first-order valence-corrected chi connectivity index (χ1v) is 7.80. The number of nitrogens with zero attached hydrogens (tertiary/aromatic N) is 1. The second-order valence-electron chi connectivity index (χ2n) is 6.78. The number of halogens is 1. The summed E-state index contributed by atoms with van der Waals surface area (Å²) in [5.74, 6) is 1.54. The van der Waals surface area contributed by atoms with Gasteiger partial charge in [-0.05, 0) is 82.8 Å². The molecule has 0 radical (unpaired) electrons. The van der Waals surface area contributed by atoms with Crippen LogP contribution < -0.4 is 4.74 Å². The molecule has 1 aliphatic rings. The van der Waals surface area contributed by atoms with Gasteiger partial charge in [0.2, 0.25) is 0 Å². The summed E-state index contributed by atoms with van der Waals surface area (Å²) in [5, 5.41) is 0.846. The maximum absolute atomic E-state index is 6.30. The van der Waals surface area contributed by atoms with Crippen LogP contribution in [0.25, 0.3) is 0 Å². The lowest BCUT2D eigenvalue weighted by atomic mass is 9.86. The Hall–Kier alpha value is -0.730. The summed E-state index contributed by atoms with van der Waals surface area (Å²) in [6.07, 6.45) is 2.35. The van der Waals surface area contributed by atoms with E-state index in [1.165, 1.54) is 18.4 Å². The van der Waals surface area contributed by atoms with E-state index in [2.05, 4.69) is 37.8 Å². The maximum Gasteiger partial charge on any atom is 0.122 e. The summed E-state index contributed by atoms with van der Waals surface area (Å²) in [6, 6.07) is 4.17. The fourth-order valence-electron chi connectivity index (χ4n) is 3.03. The van der Waals surface area contributed by atoms with Crippen molar-refractivity contribution in [2.24, 2.45) is 0 Å². The van der Waals surface area contributed by atoms with Gasteiger partial charge in [-0.15, -0.1) is 0 Å². The number of benzene rings is 1. The monoisotopic (exact) mass is 295 g/mol. The summed E-state index contributed by atoms with van der Waals surface area (Å²) in [5.41, 5.74) is 2.62. The van der Waals surface area contributed by atoms with Gasteiger partial charge in [0.1, 0.15) is 5.75 Å². The maximum atomic E-state index is 6.30. The Morgan fingerprint density at radius 2 is 1.80 bits per heavy atom. The van der Waals surface area contributed by atoms with Crippen molar-refractivity contribution in [2.45, 2.75) is 52.0 Å². The van der Waals surface area contributed by atoms with Crippen LogP contribution in [0.3, 0.4) is 0 Å². The zero-order valence-electron chi connectivity index (χ0n) is 13.3. The summed E-state index contributed by atoms with van der Waals surface area (Å²) < 4.78 is 5.56. The smallest absolute Gasteiger partial charge is 0.122 e. The van der Waals surface area contributed by atoms with Gasteiger partial charge in [-0.25, -0.2) is 0 Å². The van der Waals surface area contributed by atoms with Gasteiger partial charge in [0.05, 0.1) is 7.11 Å². The van der Waals surface area contributed by atoms with Gasteiger partial charge in [-0.3, -0.25) is 4.90 Å². The predicted octanol–water partition coefficient (Wildman–Crippen LogP) is 4.63. The molecule has 0 aliphatic carbocycles. The lowest BCUT2D eigenvalue weighted by Crippen LogP contribution is -2.45. The molecule has 1 fully saturated rings. The lowest BCUT2D eigenvalue weighted by Gasteiger charge is -2.41. The van der Waals surface area contributed by atoms with Crippen molar-refractivity contribution in [1.82, 2.24) is 4.90 Å². The number of hydrogen-bond donors (Lipinski definition) is 0. The van der Waals surface area contributed by atoms with E-state index in [4.69, 9.17) is 16.3 Å². The van der Waals surface area contributed by atoms with Crippen molar-refractivity contribution in [3.63, 3.8) is 0 Å².